The Labute approximate surface area is 159 Å². The Hall–Kier alpha value is -1.09. The number of halogens is 1. The molecule has 1 heterocycles. The van der Waals surface area contributed by atoms with Crippen LogP contribution in [0.25, 0.3) is 0 Å². The third kappa shape index (κ3) is 1.68. The molecule has 0 aromatic rings. The molecule has 3 nitrogen and oxygen atoms in total. The summed E-state index contributed by atoms with van der Waals surface area (Å²) in [6.07, 6.45) is 10.9. The Morgan fingerprint density at radius 3 is 2.73 bits per heavy atom. The summed E-state index contributed by atoms with van der Waals surface area (Å²) < 4.78 is 6.03. The number of hydrogen-bond donors (Lipinski definition) is 0. The average molecular weight is 373 g/mol. The molecule has 1 spiro atoms. The van der Waals surface area contributed by atoms with Crippen LogP contribution in [0.3, 0.4) is 0 Å². The van der Waals surface area contributed by atoms with Crippen LogP contribution in [0, 0.1) is 35.0 Å². The predicted octanol–water partition coefficient (Wildman–Crippen LogP) is 4.20. The zero-order valence-electron chi connectivity index (χ0n) is 15.2. The summed E-state index contributed by atoms with van der Waals surface area (Å²) in [5, 5.41) is -0.365. The maximum Gasteiger partial charge on any atom is 0.331 e. The highest BCUT2D eigenvalue weighted by molar-refractivity contribution is 6.33. The van der Waals surface area contributed by atoms with Crippen molar-refractivity contribution in [3.8, 4) is 0 Å². The summed E-state index contributed by atoms with van der Waals surface area (Å²) >= 11 is 6.49. The molecule has 1 unspecified atom stereocenters. The SMILES string of the molecule is C[C@]12CC[C@@H]3C4=C(CC[C@H]3[C@@H]1[C@@H]1C[C@@H]1[C@@]21C=CC(=O)O1)C(Cl)C(=O)CC4. The maximum atomic E-state index is 12.1. The minimum Gasteiger partial charge on any atom is -0.451 e. The summed E-state index contributed by atoms with van der Waals surface area (Å²) in [6, 6.07) is 0. The number of rotatable bonds is 0. The molecule has 138 valence electrons. The van der Waals surface area contributed by atoms with E-state index in [2.05, 4.69) is 13.0 Å². The number of Topliss-reactive ketones (excluding diaryl/α,β-unsaturated/α-hetero) is 1. The van der Waals surface area contributed by atoms with E-state index in [0.717, 1.165) is 32.1 Å². The van der Waals surface area contributed by atoms with E-state index < -0.39 is 0 Å². The molecule has 0 aromatic carbocycles. The predicted molar refractivity (Wildman–Crippen MR) is 97.5 cm³/mol. The fourth-order valence-corrected chi connectivity index (χ4v) is 8.37. The van der Waals surface area contributed by atoms with Crippen LogP contribution in [-0.4, -0.2) is 22.7 Å². The van der Waals surface area contributed by atoms with E-state index in [1.807, 2.05) is 0 Å². The lowest BCUT2D eigenvalue weighted by molar-refractivity contribution is -0.165. The summed E-state index contributed by atoms with van der Waals surface area (Å²) in [6.45, 7) is 2.39. The molecular weight excluding hydrogens is 348 g/mol. The Balaban J connectivity index is 1.40. The molecule has 4 heteroatoms. The van der Waals surface area contributed by atoms with Gasteiger partial charge in [0.2, 0.25) is 0 Å². The summed E-state index contributed by atoms with van der Waals surface area (Å²) in [5.74, 6) is 3.22. The van der Waals surface area contributed by atoms with E-state index >= 15 is 0 Å². The first-order valence-corrected chi connectivity index (χ1v) is 10.7. The van der Waals surface area contributed by atoms with Crippen molar-refractivity contribution in [2.45, 2.75) is 62.8 Å². The van der Waals surface area contributed by atoms with Crippen molar-refractivity contribution in [1.82, 2.24) is 0 Å². The van der Waals surface area contributed by atoms with Gasteiger partial charge in [-0.25, -0.2) is 4.79 Å². The minimum absolute atomic E-state index is 0.0767. The summed E-state index contributed by atoms with van der Waals surface area (Å²) in [4.78, 5) is 24.0. The van der Waals surface area contributed by atoms with Gasteiger partial charge in [-0.05, 0) is 73.8 Å². The van der Waals surface area contributed by atoms with Crippen LogP contribution in [0.5, 0.6) is 0 Å². The van der Waals surface area contributed by atoms with Gasteiger partial charge in [-0.3, -0.25) is 4.79 Å². The molecule has 5 aliphatic carbocycles. The smallest absolute Gasteiger partial charge is 0.331 e. The molecule has 1 aliphatic heterocycles. The quantitative estimate of drug-likeness (QED) is 0.363. The lowest BCUT2D eigenvalue weighted by Crippen LogP contribution is -2.54. The Morgan fingerprint density at radius 1 is 1.12 bits per heavy atom. The minimum atomic E-state index is -0.365. The van der Waals surface area contributed by atoms with Crippen LogP contribution in [0.4, 0.5) is 0 Å². The van der Waals surface area contributed by atoms with Crippen molar-refractivity contribution in [2.24, 2.45) is 35.0 Å². The second-order valence-electron chi connectivity index (χ2n) is 9.72. The largest absolute Gasteiger partial charge is 0.451 e. The van der Waals surface area contributed by atoms with Gasteiger partial charge in [-0.15, -0.1) is 11.6 Å². The number of carbonyl (C=O) groups excluding carboxylic acids is 2. The number of ketones is 1. The van der Waals surface area contributed by atoms with E-state index in [0.29, 0.717) is 36.0 Å². The van der Waals surface area contributed by atoms with Gasteiger partial charge in [0.1, 0.15) is 11.0 Å². The van der Waals surface area contributed by atoms with Gasteiger partial charge in [0.05, 0.1) is 0 Å². The van der Waals surface area contributed by atoms with Gasteiger partial charge in [-0.1, -0.05) is 12.5 Å². The highest BCUT2D eigenvalue weighted by Crippen LogP contribution is 2.77. The molecule has 6 aliphatic rings. The monoisotopic (exact) mass is 372 g/mol. The molecule has 8 atom stereocenters. The first kappa shape index (κ1) is 15.9. The second-order valence-corrected chi connectivity index (χ2v) is 10.2. The molecule has 26 heavy (non-hydrogen) atoms. The van der Waals surface area contributed by atoms with Crippen molar-refractivity contribution in [3.05, 3.63) is 23.3 Å². The van der Waals surface area contributed by atoms with E-state index in [4.69, 9.17) is 16.3 Å². The topological polar surface area (TPSA) is 43.4 Å². The average Bonchev–Trinajstić information content (AvgIpc) is 3.26. The van der Waals surface area contributed by atoms with Gasteiger partial charge in [-0.2, -0.15) is 0 Å². The number of fused-ring (bicyclic) bond motifs is 8. The van der Waals surface area contributed by atoms with Crippen LogP contribution >= 0.6 is 11.6 Å². The molecule has 0 aromatic heterocycles. The van der Waals surface area contributed by atoms with Crippen LogP contribution < -0.4 is 0 Å². The van der Waals surface area contributed by atoms with Crippen LogP contribution in [0.1, 0.15) is 51.9 Å². The van der Waals surface area contributed by atoms with Gasteiger partial charge in [0, 0.05) is 23.8 Å². The van der Waals surface area contributed by atoms with E-state index in [1.54, 1.807) is 6.08 Å². The van der Waals surface area contributed by atoms with Crippen LogP contribution in [0.15, 0.2) is 23.3 Å². The van der Waals surface area contributed by atoms with E-state index in [1.165, 1.54) is 17.6 Å². The van der Waals surface area contributed by atoms with E-state index in [-0.39, 0.29) is 28.1 Å². The zero-order valence-corrected chi connectivity index (χ0v) is 15.9. The number of hydrogen-bond acceptors (Lipinski definition) is 3. The molecule has 0 radical (unpaired) electrons. The Morgan fingerprint density at radius 2 is 1.96 bits per heavy atom. The van der Waals surface area contributed by atoms with Crippen molar-refractivity contribution < 1.29 is 14.3 Å². The normalized spacial score (nSPS) is 53.9. The maximum absolute atomic E-state index is 12.1. The van der Waals surface area contributed by atoms with Crippen molar-refractivity contribution >= 4 is 23.4 Å². The van der Waals surface area contributed by atoms with Gasteiger partial charge >= 0.3 is 5.97 Å². The number of carbonyl (C=O) groups is 2. The third-order valence-corrected chi connectivity index (χ3v) is 9.51. The molecule has 0 N–H and O–H groups in total. The number of esters is 1. The van der Waals surface area contributed by atoms with Gasteiger partial charge in [0.15, 0.2) is 5.78 Å². The highest BCUT2D eigenvalue weighted by Gasteiger charge is 2.77. The second kappa shape index (κ2) is 4.84. The fraction of sp³-hybridized carbons (Fsp3) is 0.727. The fourth-order valence-electron chi connectivity index (χ4n) is 8.01. The number of allylic oxidation sites excluding steroid dienone is 2. The number of ether oxygens (including phenoxy) is 1. The van der Waals surface area contributed by atoms with Crippen molar-refractivity contribution in [3.63, 3.8) is 0 Å². The molecular formula is C22H25ClO3. The third-order valence-electron chi connectivity index (χ3n) is 9.01. The molecule has 0 saturated heterocycles. The van der Waals surface area contributed by atoms with E-state index in [9.17, 15) is 9.59 Å². The molecule has 6 rings (SSSR count). The van der Waals surface area contributed by atoms with Crippen LogP contribution in [0.2, 0.25) is 0 Å². The lowest BCUT2D eigenvalue weighted by atomic mass is 9.50. The highest BCUT2D eigenvalue weighted by atomic mass is 35.5. The Bertz CT molecular complexity index is 797. The lowest BCUT2D eigenvalue weighted by Gasteiger charge is -2.55. The van der Waals surface area contributed by atoms with Gasteiger partial charge in [0.25, 0.3) is 0 Å². The Kier molecular flexibility index (Phi) is 2.96. The first-order valence-electron chi connectivity index (χ1n) is 10.3. The van der Waals surface area contributed by atoms with Crippen molar-refractivity contribution in [1.29, 1.82) is 0 Å². The van der Waals surface area contributed by atoms with Crippen molar-refractivity contribution in [2.75, 3.05) is 0 Å². The van der Waals surface area contributed by atoms with Gasteiger partial charge < -0.3 is 4.74 Å². The zero-order chi connectivity index (χ0) is 17.8. The first-order chi connectivity index (χ1) is 12.5. The van der Waals surface area contributed by atoms with Crippen LogP contribution in [-0.2, 0) is 14.3 Å². The molecule has 3 fully saturated rings. The molecule has 0 amide bonds. The summed E-state index contributed by atoms with van der Waals surface area (Å²) in [7, 11) is 0. The molecule has 3 saturated carbocycles. The number of alkyl halides is 1. The standard InChI is InChI=1S/C22H25ClO3/c1-21-8-6-12-11-4-5-17(24)20(23)14(11)3-2-13(12)19(21)15-10-16(15)22(21)9-7-18(25)26-22/h7,9,12-13,15-16,19-20H,2-6,8,10H2,1H3/t12-,13-,15-,16+,19-,20?,21+,22+/m1/s1. The summed E-state index contributed by atoms with van der Waals surface area (Å²) in [5.41, 5.74) is 2.53. The molecule has 0 bridgehead atoms.